The summed E-state index contributed by atoms with van der Waals surface area (Å²) in [7, 11) is -3.61. The number of esters is 1. The van der Waals surface area contributed by atoms with Crippen molar-refractivity contribution in [3.8, 4) is 0 Å². The number of rotatable bonds is 5. The molecule has 0 unspecified atom stereocenters. The van der Waals surface area contributed by atoms with Crippen molar-refractivity contribution in [1.82, 2.24) is 9.21 Å². The first kappa shape index (κ1) is 22.3. The maximum absolute atomic E-state index is 12.9. The number of carbonyl (C=O) groups excluding carboxylic acids is 1. The maximum atomic E-state index is 12.9. The minimum Gasteiger partial charge on any atom is -0.460 e. The molecular weight excluding hydrogens is 472 g/mol. The molecular formula is C20H23BrN4O4S. The van der Waals surface area contributed by atoms with Crippen LogP contribution in [0.2, 0.25) is 0 Å². The van der Waals surface area contributed by atoms with Crippen LogP contribution < -0.4 is 5.43 Å². The van der Waals surface area contributed by atoms with Crippen molar-refractivity contribution in [3.63, 3.8) is 0 Å². The highest BCUT2D eigenvalue weighted by atomic mass is 79.9. The average molecular weight is 495 g/mol. The third-order valence-corrected chi connectivity index (χ3v) is 6.88. The van der Waals surface area contributed by atoms with Gasteiger partial charge in [0.1, 0.15) is 0 Å². The number of anilines is 1. The van der Waals surface area contributed by atoms with Gasteiger partial charge in [0.05, 0.1) is 17.2 Å². The fraction of sp³-hybridized carbons (Fsp3) is 0.300. The van der Waals surface area contributed by atoms with Gasteiger partial charge in [-0.1, -0.05) is 40.2 Å². The standard InChI is InChI=1S/C20H23BrN4O4S/c1-2-29-20(26)19(23-22-17-8-4-3-5-9-17)24-11-13-25(14-12-24)30(27,28)18-10-6-7-16(21)15-18/h3-10,15,22H,2,11-14H2,1H3. The minimum atomic E-state index is -3.61. The molecule has 0 saturated carbocycles. The second-order valence-electron chi connectivity index (χ2n) is 6.48. The van der Waals surface area contributed by atoms with Gasteiger partial charge in [0.25, 0.3) is 0 Å². The van der Waals surface area contributed by atoms with E-state index in [1.807, 2.05) is 30.3 Å². The van der Waals surface area contributed by atoms with Crippen molar-refractivity contribution in [2.24, 2.45) is 5.10 Å². The van der Waals surface area contributed by atoms with E-state index in [2.05, 4.69) is 26.5 Å². The summed E-state index contributed by atoms with van der Waals surface area (Å²) in [6, 6.07) is 15.9. The Morgan fingerprint density at radius 2 is 1.80 bits per heavy atom. The summed E-state index contributed by atoms with van der Waals surface area (Å²) in [6.45, 7) is 3.06. The van der Waals surface area contributed by atoms with E-state index in [1.165, 1.54) is 4.31 Å². The van der Waals surface area contributed by atoms with E-state index < -0.39 is 16.0 Å². The summed E-state index contributed by atoms with van der Waals surface area (Å²) < 4.78 is 33.1. The number of sulfonamides is 1. The molecule has 30 heavy (non-hydrogen) atoms. The summed E-state index contributed by atoms with van der Waals surface area (Å²) in [5, 5.41) is 4.24. The highest BCUT2D eigenvalue weighted by molar-refractivity contribution is 9.10. The van der Waals surface area contributed by atoms with Gasteiger partial charge in [0.2, 0.25) is 15.9 Å². The van der Waals surface area contributed by atoms with Gasteiger partial charge in [-0.2, -0.15) is 4.31 Å². The third kappa shape index (κ3) is 5.38. The van der Waals surface area contributed by atoms with Crippen LogP contribution in [0, 0.1) is 0 Å². The molecule has 1 saturated heterocycles. The molecule has 0 aromatic heterocycles. The predicted molar refractivity (Wildman–Crippen MR) is 119 cm³/mol. The summed E-state index contributed by atoms with van der Waals surface area (Å²) in [6.07, 6.45) is 0. The van der Waals surface area contributed by atoms with Crippen LogP contribution >= 0.6 is 15.9 Å². The first-order valence-corrected chi connectivity index (χ1v) is 11.7. The van der Waals surface area contributed by atoms with Crippen LogP contribution in [0.3, 0.4) is 0 Å². The zero-order valence-corrected chi connectivity index (χ0v) is 18.9. The van der Waals surface area contributed by atoms with Gasteiger partial charge >= 0.3 is 5.97 Å². The molecule has 160 valence electrons. The first-order chi connectivity index (χ1) is 14.4. The van der Waals surface area contributed by atoms with E-state index in [-0.39, 0.29) is 30.4 Å². The van der Waals surface area contributed by atoms with Gasteiger partial charge in [-0.05, 0) is 37.3 Å². The number of para-hydroxylation sites is 1. The van der Waals surface area contributed by atoms with E-state index in [4.69, 9.17) is 4.74 Å². The first-order valence-electron chi connectivity index (χ1n) is 9.48. The number of hydrogen-bond acceptors (Lipinski definition) is 6. The number of amidine groups is 1. The molecule has 0 amide bonds. The molecule has 1 aliphatic rings. The molecule has 0 bridgehead atoms. The summed E-state index contributed by atoms with van der Waals surface area (Å²) >= 11 is 3.31. The minimum absolute atomic E-state index is 0.125. The van der Waals surface area contributed by atoms with Crippen molar-refractivity contribution in [3.05, 3.63) is 59.1 Å². The Balaban J connectivity index is 1.73. The lowest BCUT2D eigenvalue weighted by Crippen LogP contribution is -2.52. The Bertz CT molecular complexity index is 1010. The molecule has 1 aliphatic heterocycles. The lowest BCUT2D eigenvalue weighted by atomic mass is 10.3. The highest BCUT2D eigenvalue weighted by Crippen LogP contribution is 2.21. The number of carbonyl (C=O) groups is 1. The van der Waals surface area contributed by atoms with E-state index in [0.717, 1.165) is 5.69 Å². The van der Waals surface area contributed by atoms with Gasteiger partial charge < -0.3 is 9.64 Å². The Morgan fingerprint density at radius 3 is 2.43 bits per heavy atom. The van der Waals surface area contributed by atoms with Gasteiger partial charge in [-0.15, -0.1) is 5.10 Å². The largest absolute Gasteiger partial charge is 0.460 e. The fourth-order valence-electron chi connectivity index (χ4n) is 2.99. The molecule has 1 N–H and O–H groups in total. The van der Waals surface area contributed by atoms with Crippen LogP contribution in [0.1, 0.15) is 6.92 Å². The van der Waals surface area contributed by atoms with Crippen LogP contribution in [0.5, 0.6) is 0 Å². The molecule has 0 aliphatic carbocycles. The number of nitrogens with zero attached hydrogens (tertiary/aromatic N) is 3. The van der Waals surface area contributed by atoms with E-state index in [0.29, 0.717) is 17.6 Å². The molecule has 0 radical (unpaired) electrons. The Labute approximate surface area is 184 Å². The maximum Gasteiger partial charge on any atom is 0.375 e. The fourth-order valence-corrected chi connectivity index (χ4v) is 5.01. The quantitative estimate of drug-likeness (QED) is 0.297. The van der Waals surface area contributed by atoms with Crippen molar-refractivity contribution < 1.29 is 17.9 Å². The normalized spacial score (nSPS) is 15.7. The van der Waals surface area contributed by atoms with Gasteiger partial charge in [-0.3, -0.25) is 5.43 Å². The molecule has 1 heterocycles. The van der Waals surface area contributed by atoms with Gasteiger partial charge in [0, 0.05) is 30.7 Å². The van der Waals surface area contributed by atoms with Crippen molar-refractivity contribution >= 4 is 43.4 Å². The van der Waals surface area contributed by atoms with Gasteiger partial charge in [0.15, 0.2) is 0 Å². The van der Waals surface area contributed by atoms with Crippen molar-refractivity contribution in [1.29, 1.82) is 0 Å². The molecule has 1 fully saturated rings. The van der Waals surface area contributed by atoms with Crippen molar-refractivity contribution in [2.75, 3.05) is 38.2 Å². The van der Waals surface area contributed by atoms with Crippen LogP contribution in [0.25, 0.3) is 0 Å². The van der Waals surface area contributed by atoms with Crippen LogP contribution in [0.4, 0.5) is 5.69 Å². The predicted octanol–water partition coefficient (Wildman–Crippen LogP) is 2.74. The van der Waals surface area contributed by atoms with Crippen LogP contribution in [-0.2, 0) is 19.6 Å². The summed E-state index contributed by atoms with van der Waals surface area (Å²) in [5.74, 6) is -0.426. The monoisotopic (exact) mass is 494 g/mol. The zero-order chi connectivity index (χ0) is 21.6. The number of piperazine rings is 1. The van der Waals surface area contributed by atoms with Gasteiger partial charge in [-0.25, -0.2) is 13.2 Å². The topological polar surface area (TPSA) is 91.3 Å². The van der Waals surface area contributed by atoms with E-state index in [9.17, 15) is 13.2 Å². The highest BCUT2D eigenvalue weighted by Gasteiger charge is 2.32. The smallest absolute Gasteiger partial charge is 0.375 e. The van der Waals surface area contributed by atoms with Crippen molar-refractivity contribution in [2.45, 2.75) is 11.8 Å². The SMILES string of the molecule is CCOC(=O)C(=NNc1ccccc1)N1CCN(S(=O)(=O)c2cccc(Br)c2)CC1. The lowest BCUT2D eigenvalue weighted by molar-refractivity contribution is -0.136. The molecule has 10 heteroatoms. The molecule has 8 nitrogen and oxygen atoms in total. The Hall–Kier alpha value is -2.43. The second kappa shape index (κ2) is 10.1. The number of hydrogen-bond donors (Lipinski definition) is 1. The molecule has 0 atom stereocenters. The summed E-state index contributed by atoms with van der Waals surface area (Å²) in [5.41, 5.74) is 3.59. The number of nitrogens with one attached hydrogen (secondary N) is 1. The molecule has 3 rings (SSSR count). The van der Waals surface area contributed by atoms with Crippen LogP contribution in [-0.4, -0.2) is 62.2 Å². The molecule has 2 aromatic carbocycles. The molecule has 0 spiro atoms. The Kier molecular flexibility index (Phi) is 7.46. The number of halogens is 1. The number of hydrazone groups is 1. The average Bonchev–Trinajstić information content (AvgIpc) is 2.75. The number of benzene rings is 2. The number of ether oxygens (including phenoxy) is 1. The van der Waals surface area contributed by atoms with Crippen LogP contribution in [0.15, 0.2) is 69.1 Å². The molecule has 2 aromatic rings. The van der Waals surface area contributed by atoms with E-state index >= 15 is 0 Å². The Morgan fingerprint density at radius 1 is 1.10 bits per heavy atom. The zero-order valence-electron chi connectivity index (χ0n) is 16.5. The third-order valence-electron chi connectivity index (χ3n) is 4.49. The van der Waals surface area contributed by atoms with E-state index in [1.54, 1.807) is 36.1 Å². The lowest BCUT2D eigenvalue weighted by Gasteiger charge is -2.34. The summed E-state index contributed by atoms with van der Waals surface area (Å²) in [4.78, 5) is 14.4. The second-order valence-corrected chi connectivity index (χ2v) is 9.34.